The van der Waals surface area contributed by atoms with Crippen molar-refractivity contribution in [2.45, 2.75) is 6.42 Å². The summed E-state index contributed by atoms with van der Waals surface area (Å²) in [5.41, 5.74) is -2.14. The Labute approximate surface area is 106 Å². The van der Waals surface area contributed by atoms with Crippen LogP contribution < -0.4 is 0 Å². The number of ketones is 1. The second kappa shape index (κ2) is 5.67. The van der Waals surface area contributed by atoms with E-state index >= 15 is 0 Å². The number of carbonyl (C=O) groups is 2. The molecular formula is C10H8N2O7. The Balaban J connectivity index is 3.36. The number of Topliss-reactive ketones (excluding diaryl/α,β-unsaturated/α-hetero) is 1. The Kier molecular flexibility index (Phi) is 4.24. The molecule has 0 aromatic heterocycles. The van der Waals surface area contributed by atoms with Crippen molar-refractivity contribution < 1.29 is 24.2 Å². The van der Waals surface area contributed by atoms with Crippen LogP contribution in [0.3, 0.4) is 0 Å². The molecule has 0 bridgehead atoms. The number of hydrogen-bond donors (Lipinski definition) is 0. The van der Waals surface area contributed by atoms with Crippen LogP contribution in [0.25, 0.3) is 0 Å². The molecule has 0 fully saturated rings. The van der Waals surface area contributed by atoms with E-state index in [1.54, 1.807) is 0 Å². The van der Waals surface area contributed by atoms with Gasteiger partial charge in [0.15, 0.2) is 11.3 Å². The molecule has 1 rings (SSSR count). The van der Waals surface area contributed by atoms with E-state index in [0.717, 1.165) is 25.3 Å². The van der Waals surface area contributed by atoms with Gasteiger partial charge >= 0.3 is 5.97 Å². The van der Waals surface area contributed by atoms with Crippen LogP contribution in [0.1, 0.15) is 16.8 Å². The number of nitro groups is 2. The number of hydrogen-bond acceptors (Lipinski definition) is 7. The lowest BCUT2D eigenvalue weighted by atomic mass is 10.0. The molecule has 0 atom stereocenters. The van der Waals surface area contributed by atoms with E-state index in [2.05, 4.69) is 4.74 Å². The third kappa shape index (κ3) is 3.09. The molecule has 9 heteroatoms. The highest BCUT2D eigenvalue weighted by molar-refractivity contribution is 6.10. The topological polar surface area (TPSA) is 130 Å². The van der Waals surface area contributed by atoms with E-state index in [1.165, 1.54) is 0 Å². The lowest BCUT2D eigenvalue weighted by Crippen LogP contribution is -2.13. The lowest BCUT2D eigenvalue weighted by Gasteiger charge is -2.02. The first-order valence-electron chi connectivity index (χ1n) is 4.90. The summed E-state index contributed by atoms with van der Waals surface area (Å²) < 4.78 is 4.24. The Hall–Kier alpha value is -2.84. The average Bonchev–Trinajstić information content (AvgIpc) is 2.37. The number of nitro benzene ring substituents is 2. The molecule has 9 nitrogen and oxygen atoms in total. The van der Waals surface area contributed by atoms with Gasteiger partial charge in [-0.25, -0.2) is 0 Å². The van der Waals surface area contributed by atoms with Gasteiger partial charge in [0, 0.05) is 12.1 Å². The van der Waals surface area contributed by atoms with Crippen LogP contribution in [-0.4, -0.2) is 28.7 Å². The van der Waals surface area contributed by atoms with Crippen molar-refractivity contribution in [2.24, 2.45) is 0 Å². The summed E-state index contributed by atoms with van der Waals surface area (Å²) in [5, 5.41) is 21.5. The molecule has 0 aliphatic carbocycles. The van der Waals surface area contributed by atoms with Crippen LogP contribution in [-0.2, 0) is 9.53 Å². The van der Waals surface area contributed by atoms with E-state index in [0.29, 0.717) is 0 Å². The monoisotopic (exact) mass is 268 g/mol. The molecule has 0 unspecified atom stereocenters. The van der Waals surface area contributed by atoms with Gasteiger partial charge in [-0.1, -0.05) is 0 Å². The van der Waals surface area contributed by atoms with Crippen LogP contribution in [0, 0.1) is 20.2 Å². The maximum atomic E-state index is 11.8. The highest BCUT2D eigenvalue weighted by atomic mass is 16.6. The lowest BCUT2D eigenvalue weighted by molar-refractivity contribution is -0.394. The van der Waals surface area contributed by atoms with Gasteiger partial charge in [0.25, 0.3) is 11.4 Å². The number of esters is 1. The Bertz CT molecular complexity index is 535. The molecule has 19 heavy (non-hydrogen) atoms. The van der Waals surface area contributed by atoms with E-state index in [9.17, 15) is 29.8 Å². The van der Waals surface area contributed by atoms with Crippen LogP contribution >= 0.6 is 0 Å². The first-order valence-corrected chi connectivity index (χ1v) is 4.90. The standard InChI is InChI=1S/C10H8N2O7/c1-19-9(14)5-8(13)10-6(11(15)16)3-2-4-7(10)12(17)18/h2-4H,5H2,1H3. The third-order valence-electron chi connectivity index (χ3n) is 2.23. The molecule has 0 amide bonds. The fourth-order valence-corrected chi connectivity index (χ4v) is 1.41. The first kappa shape index (κ1) is 14.2. The summed E-state index contributed by atoms with van der Waals surface area (Å²) in [6.45, 7) is 0. The summed E-state index contributed by atoms with van der Waals surface area (Å²) in [7, 11) is 1.03. The summed E-state index contributed by atoms with van der Waals surface area (Å²) in [4.78, 5) is 42.4. The predicted octanol–water partition coefficient (Wildman–Crippen LogP) is 1.25. The minimum absolute atomic E-state index is 0.706. The molecule has 0 radical (unpaired) electrons. The second-order valence-corrected chi connectivity index (χ2v) is 3.36. The average molecular weight is 268 g/mol. The Morgan fingerprint density at radius 3 is 2.00 bits per heavy atom. The Morgan fingerprint density at radius 1 is 1.16 bits per heavy atom. The summed E-state index contributed by atoms with van der Waals surface area (Å²) in [6, 6.07) is 3.00. The zero-order valence-corrected chi connectivity index (χ0v) is 9.69. The quantitative estimate of drug-likeness (QED) is 0.258. The molecule has 0 spiro atoms. The second-order valence-electron chi connectivity index (χ2n) is 3.36. The van der Waals surface area contributed by atoms with Gasteiger partial charge in [-0.15, -0.1) is 0 Å². The minimum Gasteiger partial charge on any atom is -0.469 e. The molecular weight excluding hydrogens is 260 g/mol. The molecule has 0 saturated heterocycles. The van der Waals surface area contributed by atoms with Crippen LogP contribution in [0.5, 0.6) is 0 Å². The van der Waals surface area contributed by atoms with Gasteiger partial charge in [0.2, 0.25) is 0 Å². The van der Waals surface area contributed by atoms with Gasteiger partial charge in [-0.2, -0.15) is 0 Å². The van der Waals surface area contributed by atoms with Crippen molar-refractivity contribution in [3.8, 4) is 0 Å². The molecule has 1 aromatic carbocycles. The van der Waals surface area contributed by atoms with Crippen molar-refractivity contribution in [3.63, 3.8) is 0 Å². The van der Waals surface area contributed by atoms with Crippen molar-refractivity contribution in [1.82, 2.24) is 0 Å². The smallest absolute Gasteiger partial charge is 0.313 e. The Morgan fingerprint density at radius 2 is 1.63 bits per heavy atom. The van der Waals surface area contributed by atoms with E-state index in [1.807, 2.05) is 0 Å². The molecule has 0 aliphatic rings. The molecule has 1 aromatic rings. The van der Waals surface area contributed by atoms with Crippen molar-refractivity contribution in [1.29, 1.82) is 0 Å². The zero-order chi connectivity index (χ0) is 14.6. The number of ether oxygens (including phenoxy) is 1. The number of nitrogens with zero attached hydrogens (tertiary/aromatic N) is 2. The van der Waals surface area contributed by atoms with Crippen LogP contribution in [0.2, 0.25) is 0 Å². The SMILES string of the molecule is COC(=O)CC(=O)c1c([N+](=O)[O-])cccc1[N+](=O)[O-]. The van der Waals surface area contributed by atoms with Crippen molar-refractivity contribution in [3.05, 3.63) is 44.0 Å². The number of benzene rings is 1. The van der Waals surface area contributed by atoms with Gasteiger partial charge < -0.3 is 4.74 Å². The fourth-order valence-electron chi connectivity index (χ4n) is 1.41. The van der Waals surface area contributed by atoms with Crippen molar-refractivity contribution in [2.75, 3.05) is 7.11 Å². The van der Waals surface area contributed by atoms with Gasteiger partial charge in [0.1, 0.15) is 6.42 Å². The first-order chi connectivity index (χ1) is 8.88. The molecule has 0 N–H and O–H groups in total. The summed E-state index contributed by atoms with van der Waals surface area (Å²) in [6.07, 6.45) is -0.803. The minimum atomic E-state index is -1.04. The summed E-state index contributed by atoms with van der Waals surface area (Å²) >= 11 is 0. The fraction of sp³-hybridized carbons (Fsp3) is 0.200. The van der Waals surface area contributed by atoms with Gasteiger partial charge in [-0.05, 0) is 6.07 Å². The van der Waals surface area contributed by atoms with E-state index < -0.39 is 45.0 Å². The highest BCUT2D eigenvalue weighted by Crippen LogP contribution is 2.29. The van der Waals surface area contributed by atoms with Crippen molar-refractivity contribution >= 4 is 23.1 Å². The highest BCUT2D eigenvalue weighted by Gasteiger charge is 2.31. The number of rotatable bonds is 5. The molecule has 0 aliphatic heterocycles. The maximum absolute atomic E-state index is 11.8. The van der Waals surface area contributed by atoms with E-state index in [-0.39, 0.29) is 0 Å². The molecule has 100 valence electrons. The zero-order valence-electron chi connectivity index (χ0n) is 9.69. The van der Waals surface area contributed by atoms with Gasteiger partial charge in [-0.3, -0.25) is 29.8 Å². The third-order valence-corrected chi connectivity index (χ3v) is 2.23. The van der Waals surface area contributed by atoms with Gasteiger partial charge in [0.05, 0.1) is 17.0 Å². The normalized spacial score (nSPS) is 9.74. The largest absolute Gasteiger partial charge is 0.469 e. The van der Waals surface area contributed by atoms with Crippen LogP contribution in [0.4, 0.5) is 11.4 Å². The number of carbonyl (C=O) groups excluding carboxylic acids is 2. The number of methoxy groups -OCH3 is 1. The molecule has 0 heterocycles. The maximum Gasteiger partial charge on any atom is 0.313 e. The molecule has 0 saturated carbocycles. The predicted molar refractivity (Wildman–Crippen MR) is 60.7 cm³/mol. The summed E-state index contributed by atoms with van der Waals surface area (Å²) in [5.74, 6) is -1.97. The van der Waals surface area contributed by atoms with E-state index in [4.69, 9.17) is 0 Å². The van der Waals surface area contributed by atoms with Crippen LogP contribution in [0.15, 0.2) is 18.2 Å².